The second-order valence-electron chi connectivity index (χ2n) is 5.46. The van der Waals surface area contributed by atoms with Crippen molar-refractivity contribution in [3.8, 4) is 12.1 Å². The minimum Gasteiger partial charge on any atom is -0.468 e. The molecule has 5 nitrogen and oxygen atoms in total. The molecule has 0 amide bonds. The molecule has 0 bridgehead atoms. The van der Waals surface area contributed by atoms with Crippen LogP contribution in [0.2, 0.25) is 0 Å². The van der Waals surface area contributed by atoms with E-state index in [1.807, 2.05) is 0 Å². The Hall–Kier alpha value is -3.73. The molecule has 150 valence electrons. The maximum atomic E-state index is 13.0. The summed E-state index contributed by atoms with van der Waals surface area (Å²) in [5, 5.41) is 20.0. The summed E-state index contributed by atoms with van der Waals surface area (Å²) in [5.74, 6) is 0. The molecule has 0 saturated carbocycles. The molecule has 0 aliphatic carbocycles. The number of nitrogens with one attached hydrogen (secondary N) is 1. The average molecular weight is 412 g/mol. The van der Waals surface area contributed by atoms with E-state index < -0.39 is 40.6 Å². The fourth-order valence-corrected chi connectivity index (χ4v) is 2.25. The van der Waals surface area contributed by atoms with Crippen molar-refractivity contribution in [2.45, 2.75) is 12.4 Å². The van der Waals surface area contributed by atoms with Gasteiger partial charge in [0.25, 0.3) is 6.02 Å². The largest absolute Gasteiger partial charge is 0.468 e. The Labute approximate surface area is 160 Å². The number of halogens is 6. The first-order valence-electron chi connectivity index (χ1n) is 7.62. The summed E-state index contributed by atoms with van der Waals surface area (Å²) < 4.78 is 83.1. The van der Waals surface area contributed by atoms with Crippen LogP contribution in [0.3, 0.4) is 0 Å². The van der Waals surface area contributed by atoms with E-state index in [1.54, 1.807) is 0 Å². The fourth-order valence-electron chi connectivity index (χ4n) is 2.25. The van der Waals surface area contributed by atoms with Crippen LogP contribution in [0.15, 0.2) is 41.4 Å². The van der Waals surface area contributed by atoms with Gasteiger partial charge in [-0.05, 0) is 36.4 Å². The molecule has 0 atom stereocenters. The number of amidine groups is 1. The topological polar surface area (TPSA) is 81.2 Å². The van der Waals surface area contributed by atoms with Crippen LogP contribution in [-0.4, -0.2) is 13.1 Å². The molecule has 0 aliphatic heterocycles. The first-order chi connectivity index (χ1) is 13.5. The standard InChI is InChI=1S/C18H10F6N4O/c1-29-16(27-12-4-2-10(8-25)14(6-12)17(19,20)21)28-13-5-3-11(9-26)15(7-13)18(22,23)24/h2-7H,1H3,(H,27,28). The molecular weight excluding hydrogens is 402 g/mol. The quantitative estimate of drug-likeness (QED) is 0.417. The number of hydrogen-bond acceptors (Lipinski definition) is 4. The van der Waals surface area contributed by atoms with Crippen LogP contribution in [0.5, 0.6) is 0 Å². The predicted molar refractivity (Wildman–Crippen MR) is 90.0 cm³/mol. The van der Waals surface area contributed by atoms with Crippen molar-refractivity contribution in [1.29, 1.82) is 10.5 Å². The monoisotopic (exact) mass is 412 g/mol. The Morgan fingerprint density at radius 2 is 1.41 bits per heavy atom. The SMILES string of the molecule is COC(=Nc1ccc(C#N)c(C(F)(F)F)c1)Nc1ccc(C#N)c(C(F)(F)F)c1. The van der Waals surface area contributed by atoms with Crippen LogP contribution in [0.25, 0.3) is 0 Å². The molecule has 29 heavy (non-hydrogen) atoms. The molecule has 0 heterocycles. The van der Waals surface area contributed by atoms with Gasteiger partial charge in [0.05, 0.1) is 47.2 Å². The van der Waals surface area contributed by atoms with Gasteiger partial charge in [0.15, 0.2) is 0 Å². The first kappa shape index (κ1) is 21.6. The first-order valence-corrected chi connectivity index (χ1v) is 7.62. The summed E-state index contributed by atoms with van der Waals surface area (Å²) in [6.45, 7) is 0. The summed E-state index contributed by atoms with van der Waals surface area (Å²) in [6.07, 6.45) is -9.59. The lowest BCUT2D eigenvalue weighted by atomic mass is 10.1. The van der Waals surface area contributed by atoms with Gasteiger partial charge >= 0.3 is 12.4 Å². The summed E-state index contributed by atoms with van der Waals surface area (Å²) >= 11 is 0. The number of nitrogens with zero attached hydrogens (tertiary/aromatic N) is 3. The highest BCUT2D eigenvalue weighted by Crippen LogP contribution is 2.35. The number of rotatable bonds is 2. The van der Waals surface area contributed by atoms with Crippen molar-refractivity contribution in [2.75, 3.05) is 12.4 Å². The minimum absolute atomic E-state index is 0.151. The number of aliphatic imine (C=N–C) groups is 1. The summed E-state index contributed by atoms with van der Waals surface area (Å²) in [5.41, 5.74) is -4.01. The van der Waals surface area contributed by atoms with Gasteiger partial charge in [-0.15, -0.1) is 0 Å². The minimum atomic E-state index is -4.80. The number of nitriles is 2. The van der Waals surface area contributed by atoms with E-state index in [-0.39, 0.29) is 11.4 Å². The molecule has 0 radical (unpaired) electrons. The Bertz CT molecular complexity index is 1030. The van der Waals surface area contributed by atoms with E-state index in [4.69, 9.17) is 15.3 Å². The zero-order chi connectivity index (χ0) is 21.8. The van der Waals surface area contributed by atoms with E-state index in [0.717, 1.165) is 31.4 Å². The molecule has 0 aliphatic rings. The van der Waals surface area contributed by atoms with Gasteiger partial charge in [-0.2, -0.15) is 41.9 Å². The van der Waals surface area contributed by atoms with Gasteiger partial charge in [-0.3, -0.25) is 0 Å². The molecule has 11 heteroatoms. The lowest BCUT2D eigenvalue weighted by molar-refractivity contribution is -0.138. The zero-order valence-electron chi connectivity index (χ0n) is 14.5. The molecule has 0 aromatic heterocycles. The normalized spacial score (nSPS) is 12.1. The van der Waals surface area contributed by atoms with E-state index in [0.29, 0.717) is 12.1 Å². The number of methoxy groups -OCH3 is 1. The maximum Gasteiger partial charge on any atom is 0.417 e. The van der Waals surface area contributed by atoms with Crippen molar-refractivity contribution in [2.24, 2.45) is 4.99 Å². The Kier molecular flexibility index (Phi) is 6.03. The summed E-state index contributed by atoms with van der Waals surface area (Å²) in [7, 11) is 1.11. The van der Waals surface area contributed by atoms with Gasteiger partial charge in [0.1, 0.15) is 0 Å². The predicted octanol–water partition coefficient (Wildman–Crippen LogP) is 5.21. The van der Waals surface area contributed by atoms with Crippen LogP contribution in [0.4, 0.5) is 37.7 Å². The smallest absolute Gasteiger partial charge is 0.417 e. The molecular formula is C18H10F6N4O. The Morgan fingerprint density at radius 1 is 0.897 bits per heavy atom. The lowest BCUT2D eigenvalue weighted by Gasteiger charge is -2.13. The molecule has 0 saturated heterocycles. The van der Waals surface area contributed by atoms with Crippen molar-refractivity contribution in [3.05, 3.63) is 58.7 Å². The Morgan fingerprint density at radius 3 is 1.90 bits per heavy atom. The van der Waals surface area contributed by atoms with Gasteiger partial charge in [-0.25, -0.2) is 0 Å². The van der Waals surface area contributed by atoms with Gasteiger partial charge in [0.2, 0.25) is 0 Å². The third-order valence-electron chi connectivity index (χ3n) is 3.55. The number of alkyl halides is 6. The third kappa shape index (κ3) is 5.17. The molecule has 2 aromatic rings. The van der Waals surface area contributed by atoms with Crippen LogP contribution in [-0.2, 0) is 17.1 Å². The van der Waals surface area contributed by atoms with E-state index >= 15 is 0 Å². The molecule has 0 unspecified atom stereocenters. The van der Waals surface area contributed by atoms with E-state index in [1.165, 1.54) is 12.1 Å². The molecule has 1 N–H and O–H groups in total. The van der Waals surface area contributed by atoms with Gasteiger partial charge in [-0.1, -0.05) is 0 Å². The lowest BCUT2D eigenvalue weighted by Crippen LogP contribution is -2.15. The molecule has 2 aromatic carbocycles. The highest BCUT2D eigenvalue weighted by atomic mass is 19.4. The second-order valence-corrected chi connectivity index (χ2v) is 5.46. The molecule has 2 rings (SSSR count). The zero-order valence-corrected chi connectivity index (χ0v) is 14.5. The van der Waals surface area contributed by atoms with Gasteiger partial charge in [0, 0.05) is 5.69 Å². The highest BCUT2D eigenvalue weighted by Gasteiger charge is 2.35. The van der Waals surface area contributed by atoms with Crippen LogP contribution < -0.4 is 5.32 Å². The summed E-state index contributed by atoms with van der Waals surface area (Å²) in [6, 6.07) is 7.82. The number of anilines is 1. The van der Waals surface area contributed by atoms with Crippen LogP contribution in [0.1, 0.15) is 22.3 Å². The number of ether oxygens (including phenoxy) is 1. The summed E-state index contributed by atoms with van der Waals surface area (Å²) in [4.78, 5) is 3.78. The number of benzene rings is 2. The van der Waals surface area contributed by atoms with E-state index in [2.05, 4.69) is 10.3 Å². The van der Waals surface area contributed by atoms with Crippen molar-refractivity contribution in [1.82, 2.24) is 0 Å². The second kappa shape index (κ2) is 8.10. The van der Waals surface area contributed by atoms with Crippen molar-refractivity contribution < 1.29 is 31.1 Å². The van der Waals surface area contributed by atoms with Crippen molar-refractivity contribution >= 4 is 17.4 Å². The van der Waals surface area contributed by atoms with Crippen LogP contribution in [0, 0.1) is 22.7 Å². The molecule has 0 spiro atoms. The van der Waals surface area contributed by atoms with E-state index in [9.17, 15) is 26.3 Å². The third-order valence-corrected chi connectivity index (χ3v) is 3.55. The Balaban J connectivity index is 2.42. The maximum absolute atomic E-state index is 13.0. The molecule has 0 fully saturated rings. The average Bonchev–Trinajstić information content (AvgIpc) is 2.66. The van der Waals surface area contributed by atoms with Crippen molar-refractivity contribution in [3.63, 3.8) is 0 Å². The fraction of sp³-hybridized carbons (Fsp3) is 0.167. The highest BCUT2D eigenvalue weighted by molar-refractivity contribution is 5.91. The number of hydrogen-bond donors (Lipinski definition) is 1. The van der Waals surface area contributed by atoms with Crippen LogP contribution >= 0.6 is 0 Å². The van der Waals surface area contributed by atoms with Gasteiger partial charge < -0.3 is 10.1 Å².